The topological polar surface area (TPSA) is 37.0 Å². The molecule has 0 spiro atoms. The molecule has 1 atom stereocenters. The molecule has 0 aliphatic carbocycles. The van der Waals surface area contributed by atoms with Gasteiger partial charge in [0.05, 0.1) is 11.9 Å². The fourth-order valence-corrected chi connectivity index (χ4v) is 2.02. The SMILES string of the molecule is CCCCCC(CC)Nc1ccc(NCC)cn1. The molecule has 0 amide bonds. The van der Waals surface area contributed by atoms with Crippen LogP contribution < -0.4 is 10.6 Å². The monoisotopic (exact) mass is 249 g/mol. The molecule has 0 bridgehead atoms. The Labute approximate surface area is 111 Å². The Morgan fingerprint density at radius 1 is 1.17 bits per heavy atom. The van der Waals surface area contributed by atoms with Gasteiger partial charge in [-0.1, -0.05) is 33.1 Å². The highest BCUT2D eigenvalue weighted by atomic mass is 15.0. The Bertz CT molecular complexity index is 308. The number of hydrogen-bond donors (Lipinski definition) is 2. The zero-order valence-corrected chi connectivity index (χ0v) is 12.0. The molecule has 1 unspecified atom stereocenters. The number of aromatic nitrogens is 1. The van der Waals surface area contributed by atoms with E-state index in [1.807, 2.05) is 6.20 Å². The molecule has 0 radical (unpaired) electrons. The van der Waals surface area contributed by atoms with Crippen molar-refractivity contribution < 1.29 is 0 Å². The third-order valence-electron chi connectivity index (χ3n) is 3.15. The van der Waals surface area contributed by atoms with Crippen LogP contribution in [0.2, 0.25) is 0 Å². The van der Waals surface area contributed by atoms with Crippen molar-refractivity contribution in [3.05, 3.63) is 18.3 Å². The fraction of sp³-hybridized carbons (Fsp3) is 0.667. The minimum absolute atomic E-state index is 0.550. The molecule has 2 N–H and O–H groups in total. The van der Waals surface area contributed by atoms with Gasteiger partial charge in [-0.05, 0) is 31.9 Å². The van der Waals surface area contributed by atoms with Crippen LogP contribution in [-0.4, -0.2) is 17.6 Å². The van der Waals surface area contributed by atoms with Crippen LogP contribution in [0.25, 0.3) is 0 Å². The minimum atomic E-state index is 0.550. The molecule has 0 saturated heterocycles. The third-order valence-corrected chi connectivity index (χ3v) is 3.15. The highest BCUT2D eigenvalue weighted by Crippen LogP contribution is 2.14. The molecule has 0 aliphatic rings. The molecule has 1 heterocycles. The molecule has 18 heavy (non-hydrogen) atoms. The van der Waals surface area contributed by atoms with E-state index in [9.17, 15) is 0 Å². The summed E-state index contributed by atoms with van der Waals surface area (Å²) in [6.07, 6.45) is 8.19. The second-order valence-corrected chi connectivity index (χ2v) is 4.71. The van der Waals surface area contributed by atoms with Crippen LogP contribution in [0.15, 0.2) is 18.3 Å². The Morgan fingerprint density at radius 3 is 2.56 bits per heavy atom. The van der Waals surface area contributed by atoms with Gasteiger partial charge in [-0.25, -0.2) is 4.98 Å². The van der Waals surface area contributed by atoms with Crippen molar-refractivity contribution >= 4 is 11.5 Å². The molecular formula is C15H27N3. The molecule has 1 aromatic heterocycles. The van der Waals surface area contributed by atoms with E-state index in [0.717, 1.165) is 24.5 Å². The number of nitrogens with one attached hydrogen (secondary N) is 2. The summed E-state index contributed by atoms with van der Waals surface area (Å²) < 4.78 is 0. The van der Waals surface area contributed by atoms with Crippen molar-refractivity contribution in [2.24, 2.45) is 0 Å². The number of anilines is 2. The van der Waals surface area contributed by atoms with Crippen LogP contribution in [0.1, 0.15) is 52.9 Å². The molecular weight excluding hydrogens is 222 g/mol. The van der Waals surface area contributed by atoms with Crippen LogP contribution in [0.4, 0.5) is 11.5 Å². The average Bonchev–Trinajstić information content (AvgIpc) is 2.40. The van der Waals surface area contributed by atoms with Gasteiger partial charge in [-0.15, -0.1) is 0 Å². The minimum Gasteiger partial charge on any atom is -0.384 e. The zero-order valence-electron chi connectivity index (χ0n) is 12.0. The quantitative estimate of drug-likeness (QED) is 0.641. The van der Waals surface area contributed by atoms with Crippen LogP contribution >= 0.6 is 0 Å². The summed E-state index contributed by atoms with van der Waals surface area (Å²) in [7, 11) is 0. The molecule has 0 fully saturated rings. The van der Waals surface area contributed by atoms with Gasteiger partial charge in [0, 0.05) is 12.6 Å². The van der Waals surface area contributed by atoms with Crippen molar-refractivity contribution in [2.45, 2.75) is 58.9 Å². The second kappa shape index (κ2) is 8.78. The van der Waals surface area contributed by atoms with Crippen LogP contribution in [0.5, 0.6) is 0 Å². The Balaban J connectivity index is 2.43. The van der Waals surface area contributed by atoms with Gasteiger partial charge in [0.1, 0.15) is 5.82 Å². The molecule has 3 heteroatoms. The number of hydrogen-bond acceptors (Lipinski definition) is 3. The number of rotatable bonds is 9. The van der Waals surface area contributed by atoms with Gasteiger partial charge in [0.25, 0.3) is 0 Å². The summed E-state index contributed by atoms with van der Waals surface area (Å²) in [6, 6.07) is 4.69. The third kappa shape index (κ3) is 5.39. The van der Waals surface area contributed by atoms with E-state index in [1.165, 1.54) is 25.7 Å². The standard InChI is InChI=1S/C15H27N3/c1-4-7-8-9-13(5-2)18-15-11-10-14(12-17-15)16-6-3/h10-13,16H,4-9H2,1-3H3,(H,17,18). The van der Waals surface area contributed by atoms with Crippen molar-refractivity contribution in [3.8, 4) is 0 Å². The van der Waals surface area contributed by atoms with E-state index in [4.69, 9.17) is 0 Å². The summed E-state index contributed by atoms with van der Waals surface area (Å²) in [5.74, 6) is 0.986. The van der Waals surface area contributed by atoms with E-state index in [1.54, 1.807) is 0 Å². The van der Waals surface area contributed by atoms with Crippen molar-refractivity contribution in [3.63, 3.8) is 0 Å². The molecule has 0 saturated carbocycles. The van der Waals surface area contributed by atoms with Crippen LogP contribution in [-0.2, 0) is 0 Å². The van der Waals surface area contributed by atoms with Gasteiger partial charge < -0.3 is 10.6 Å². The zero-order chi connectivity index (χ0) is 13.2. The predicted octanol–water partition coefficient (Wildman–Crippen LogP) is 4.28. The van der Waals surface area contributed by atoms with E-state index in [-0.39, 0.29) is 0 Å². The van der Waals surface area contributed by atoms with Gasteiger partial charge in [-0.2, -0.15) is 0 Å². The second-order valence-electron chi connectivity index (χ2n) is 4.71. The first-order chi connectivity index (χ1) is 8.80. The molecule has 1 rings (SSSR count). The first-order valence-corrected chi connectivity index (χ1v) is 7.26. The first kappa shape index (κ1) is 14.8. The van der Waals surface area contributed by atoms with E-state index in [2.05, 4.69) is 48.5 Å². The maximum atomic E-state index is 4.44. The highest BCUT2D eigenvalue weighted by molar-refractivity contribution is 5.47. The van der Waals surface area contributed by atoms with Crippen LogP contribution in [0.3, 0.4) is 0 Å². The van der Waals surface area contributed by atoms with Gasteiger partial charge in [-0.3, -0.25) is 0 Å². The first-order valence-electron chi connectivity index (χ1n) is 7.26. The average molecular weight is 249 g/mol. The molecule has 0 aromatic carbocycles. The lowest BCUT2D eigenvalue weighted by atomic mass is 10.1. The van der Waals surface area contributed by atoms with E-state index < -0.39 is 0 Å². The highest BCUT2D eigenvalue weighted by Gasteiger charge is 2.06. The summed E-state index contributed by atoms with van der Waals surface area (Å²) in [5.41, 5.74) is 1.09. The maximum Gasteiger partial charge on any atom is 0.126 e. The summed E-state index contributed by atoms with van der Waals surface area (Å²) in [4.78, 5) is 4.44. The van der Waals surface area contributed by atoms with Crippen molar-refractivity contribution in [1.29, 1.82) is 0 Å². The summed E-state index contributed by atoms with van der Waals surface area (Å²) in [6.45, 7) is 7.50. The summed E-state index contributed by atoms with van der Waals surface area (Å²) in [5, 5.41) is 6.77. The van der Waals surface area contributed by atoms with Gasteiger partial charge in [0.15, 0.2) is 0 Å². The number of unbranched alkanes of at least 4 members (excludes halogenated alkanes) is 2. The van der Waals surface area contributed by atoms with Gasteiger partial charge in [0.2, 0.25) is 0 Å². The maximum absolute atomic E-state index is 4.44. The normalized spacial score (nSPS) is 12.2. The fourth-order valence-electron chi connectivity index (χ4n) is 2.02. The molecule has 1 aromatic rings. The Morgan fingerprint density at radius 2 is 2.00 bits per heavy atom. The largest absolute Gasteiger partial charge is 0.384 e. The van der Waals surface area contributed by atoms with Gasteiger partial charge >= 0.3 is 0 Å². The lowest BCUT2D eigenvalue weighted by molar-refractivity contribution is 0.573. The Hall–Kier alpha value is -1.25. The lowest BCUT2D eigenvalue weighted by Crippen LogP contribution is -2.19. The number of pyridine rings is 1. The van der Waals surface area contributed by atoms with Crippen molar-refractivity contribution in [2.75, 3.05) is 17.2 Å². The Kier molecular flexibility index (Phi) is 7.23. The molecule has 3 nitrogen and oxygen atoms in total. The van der Waals surface area contributed by atoms with E-state index >= 15 is 0 Å². The van der Waals surface area contributed by atoms with Crippen molar-refractivity contribution in [1.82, 2.24) is 4.98 Å². The smallest absolute Gasteiger partial charge is 0.126 e. The predicted molar refractivity (Wildman–Crippen MR) is 80.2 cm³/mol. The lowest BCUT2D eigenvalue weighted by Gasteiger charge is -2.17. The van der Waals surface area contributed by atoms with E-state index in [0.29, 0.717) is 6.04 Å². The number of nitrogens with zero attached hydrogens (tertiary/aromatic N) is 1. The summed E-state index contributed by atoms with van der Waals surface area (Å²) >= 11 is 0. The van der Waals surface area contributed by atoms with Crippen LogP contribution in [0, 0.1) is 0 Å². The molecule has 102 valence electrons. The molecule has 0 aliphatic heterocycles.